The highest BCUT2D eigenvalue weighted by Crippen LogP contribution is 2.22. The molecule has 6 heteroatoms. The van der Waals surface area contributed by atoms with Gasteiger partial charge in [-0.05, 0) is 32.7 Å². The van der Waals surface area contributed by atoms with Crippen molar-refractivity contribution in [2.45, 2.75) is 37.8 Å². The number of aromatic nitrogens is 1. The number of rotatable bonds is 4. The van der Waals surface area contributed by atoms with Crippen LogP contribution in [0.2, 0.25) is 0 Å². The number of pyridine rings is 1. The highest BCUT2D eigenvalue weighted by atomic mass is 16.6. The summed E-state index contributed by atoms with van der Waals surface area (Å²) in [4.78, 5) is 14.4. The van der Waals surface area contributed by atoms with Gasteiger partial charge < -0.3 is 10.6 Å². The van der Waals surface area contributed by atoms with Gasteiger partial charge in [-0.1, -0.05) is 0 Å². The zero-order chi connectivity index (χ0) is 13.0. The molecule has 1 aromatic heterocycles. The van der Waals surface area contributed by atoms with Crippen LogP contribution >= 0.6 is 0 Å². The molecule has 1 aliphatic carbocycles. The average molecular weight is 250 g/mol. The molecule has 0 aliphatic heterocycles. The Labute approximate surface area is 106 Å². The van der Waals surface area contributed by atoms with Crippen LogP contribution in [0.25, 0.3) is 0 Å². The van der Waals surface area contributed by atoms with E-state index in [1.54, 1.807) is 0 Å². The Hall–Kier alpha value is -1.69. The lowest BCUT2D eigenvalue weighted by atomic mass is 9.91. The maximum atomic E-state index is 10.7. The van der Waals surface area contributed by atoms with Gasteiger partial charge in [-0.2, -0.15) is 0 Å². The van der Waals surface area contributed by atoms with Crippen molar-refractivity contribution in [1.82, 2.24) is 10.3 Å². The molecule has 0 bridgehead atoms. The SMILES string of the molecule is CNC1CCC(Nc2cc([N+](=O)[O-])ccn2)CC1. The van der Waals surface area contributed by atoms with Crippen molar-refractivity contribution < 1.29 is 4.92 Å². The number of nitrogens with one attached hydrogen (secondary N) is 2. The molecule has 0 radical (unpaired) electrons. The Balaban J connectivity index is 1.94. The van der Waals surface area contributed by atoms with Gasteiger partial charge in [-0.25, -0.2) is 4.98 Å². The van der Waals surface area contributed by atoms with E-state index in [9.17, 15) is 10.1 Å². The van der Waals surface area contributed by atoms with Gasteiger partial charge in [-0.15, -0.1) is 0 Å². The third kappa shape index (κ3) is 3.16. The van der Waals surface area contributed by atoms with Crippen LogP contribution in [0.1, 0.15) is 25.7 Å². The molecule has 0 saturated heterocycles. The van der Waals surface area contributed by atoms with Crippen molar-refractivity contribution in [1.29, 1.82) is 0 Å². The first-order valence-electron chi connectivity index (χ1n) is 6.23. The summed E-state index contributed by atoms with van der Waals surface area (Å²) in [6, 6.07) is 3.86. The van der Waals surface area contributed by atoms with E-state index in [1.807, 2.05) is 7.05 Å². The fourth-order valence-corrected chi connectivity index (χ4v) is 2.35. The summed E-state index contributed by atoms with van der Waals surface area (Å²) < 4.78 is 0. The van der Waals surface area contributed by atoms with Gasteiger partial charge in [0.05, 0.1) is 11.0 Å². The minimum Gasteiger partial charge on any atom is -0.367 e. The molecule has 1 fully saturated rings. The van der Waals surface area contributed by atoms with E-state index < -0.39 is 4.92 Å². The van der Waals surface area contributed by atoms with Crippen molar-refractivity contribution in [2.24, 2.45) is 0 Å². The first kappa shape index (κ1) is 12.8. The quantitative estimate of drug-likeness (QED) is 0.630. The molecule has 2 rings (SSSR count). The van der Waals surface area contributed by atoms with E-state index >= 15 is 0 Å². The van der Waals surface area contributed by atoms with E-state index in [0.29, 0.717) is 17.9 Å². The fraction of sp³-hybridized carbons (Fsp3) is 0.583. The highest BCUT2D eigenvalue weighted by molar-refractivity contribution is 5.44. The van der Waals surface area contributed by atoms with Gasteiger partial charge in [-0.3, -0.25) is 10.1 Å². The first-order valence-corrected chi connectivity index (χ1v) is 6.23. The normalized spacial score (nSPS) is 23.6. The zero-order valence-electron chi connectivity index (χ0n) is 10.4. The van der Waals surface area contributed by atoms with E-state index in [2.05, 4.69) is 15.6 Å². The molecule has 0 unspecified atom stereocenters. The monoisotopic (exact) mass is 250 g/mol. The van der Waals surface area contributed by atoms with Crippen LogP contribution in [-0.4, -0.2) is 29.0 Å². The first-order chi connectivity index (χ1) is 8.69. The molecule has 6 nitrogen and oxygen atoms in total. The number of nitro groups is 1. The van der Waals surface area contributed by atoms with E-state index in [-0.39, 0.29) is 5.69 Å². The van der Waals surface area contributed by atoms with E-state index in [0.717, 1.165) is 25.7 Å². The summed E-state index contributed by atoms with van der Waals surface area (Å²) in [6.45, 7) is 0. The second-order valence-electron chi connectivity index (χ2n) is 4.64. The van der Waals surface area contributed by atoms with Gasteiger partial charge in [0.1, 0.15) is 5.82 Å². The predicted octanol–water partition coefficient (Wildman–Crippen LogP) is 1.93. The topological polar surface area (TPSA) is 80.1 Å². The Kier molecular flexibility index (Phi) is 4.09. The summed E-state index contributed by atoms with van der Waals surface area (Å²) in [6.07, 6.45) is 5.86. The predicted molar refractivity (Wildman–Crippen MR) is 69.6 cm³/mol. The van der Waals surface area contributed by atoms with Gasteiger partial charge in [0.25, 0.3) is 5.69 Å². The van der Waals surface area contributed by atoms with Crippen LogP contribution in [0, 0.1) is 10.1 Å². The minimum absolute atomic E-state index is 0.0800. The summed E-state index contributed by atoms with van der Waals surface area (Å²) in [5.74, 6) is 0.595. The standard InChI is InChI=1S/C12H18N4O2/c1-13-9-2-4-10(5-3-9)15-12-8-11(16(17)18)6-7-14-12/h6-10,13H,2-5H2,1H3,(H,14,15). The second-order valence-corrected chi connectivity index (χ2v) is 4.64. The summed E-state index contributed by atoms with van der Waals surface area (Å²) in [5, 5.41) is 17.2. The van der Waals surface area contributed by atoms with Crippen molar-refractivity contribution in [2.75, 3.05) is 12.4 Å². The second kappa shape index (κ2) is 5.77. The molecule has 98 valence electrons. The Morgan fingerprint density at radius 2 is 2.00 bits per heavy atom. The fourth-order valence-electron chi connectivity index (χ4n) is 2.35. The molecule has 1 heterocycles. The smallest absolute Gasteiger partial charge is 0.274 e. The summed E-state index contributed by atoms with van der Waals surface area (Å²) in [7, 11) is 1.99. The van der Waals surface area contributed by atoms with Crippen molar-refractivity contribution in [3.05, 3.63) is 28.4 Å². The van der Waals surface area contributed by atoms with Crippen molar-refractivity contribution in [3.63, 3.8) is 0 Å². The van der Waals surface area contributed by atoms with Crippen LogP contribution in [0.4, 0.5) is 11.5 Å². The van der Waals surface area contributed by atoms with Gasteiger partial charge >= 0.3 is 0 Å². The van der Waals surface area contributed by atoms with Crippen molar-refractivity contribution in [3.8, 4) is 0 Å². The molecule has 0 spiro atoms. The van der Waals surface area contributed by atoms with E-state index in [4.69, 9.17) is 0 Å². The van der Waals surface area contributed by atoms with Gasteiger partial charge in [0, 0.05) is 24.3 Å². The molecule has 1 aromatic rings. The summed E-state index contributed by atoms with van der Waals surface area (Å²) in [5.41, 5.74) is 0.0800. The van der Waals surface area contributed by atoms with Crippen molar-refractivity contribution >= 4 is 11.5 Å². The third-order valence-electron chi connectivity index (χ3n) is 3.44. The summed E-state index contributed by atoms with van der Waals surface area (Å²) >= 11 is 0. The molecule has 0 aromatic carbocycles. The lowest BCUT2D eigenvalue weighted by Crippen LogP contribution is -2.35. The highest BCUT2D eigenvalue weighted by Gasteiger charge is 2.20. The Bertz CT molecular complexity index is 416. The van der Waals surface area contributed by atoms with Crippen LogP contribution in [0.15, 0.2) is 18.3 Å². The molecule has 1 saturated carbocycles. The lowest BCUT2D eigenvalue weighted by Gasteiger charge is -2.29. The molecule has 2 N–H and O–H groups in total. The molecule has 1 aliphatic rings. The molecule has 18 heavy (non-hydrogen) atoms. The molecule has 0 amide bonds. The minimum atomic E-state index is -0.398. The van der Waals surface area contributed by atoms with Gasteiger partial charge in [0.2, 0.25) is 0 Å². The third-order valence-corrected chi connectivity index (χ3v) is 3.44. The number of nitrogens with zero attached hydrogens (tertiary/aromatic N) is 2. The van der Waals surface area contributed by atoms with Crippen LogP contribution in [0.5, 0.6) is 0 Å². The zero-order valence-corrected chi connectivity index (χ0v) is 10.4. The molecular formula is C12H18N4O2. The number of anilines is 1. The Morgan fingerprint density at radius 1 is 1.33 bits per heavy atom. The lowest BCUT2D eigenvalue weighted by molar-refractivity contribution is -0.384. The maximum Gasteiger partial charge on any atom is 0.274 e. The largest absolute Gasteiger partial charge is 0.367 e. The number of hydrogen-bond donors (Lipinski definition) is 2. The van der Waals surface area contributed by atoms with E-state index in [1.165, 1.54) is 18.3 Å². The maximum absolute atomic E-state index is 10.7. The molecule has 0 atom stereocenters. The van der Waals surface area contributed by atoms with Crippen LogP contribution in [0.3, 0.4) is 0 Å². The van der Waals surface area contributed by atoms with Crippen LogP contribution < -0.4 is 10.6 Å². The Morgan fingerprint density at radius 3 is 2.61 bits per heavy atom. The molecular weight excluding hydrogens is 232 g/mol. The van der Waals surface area contributed by atoms with Gasteiger partial charge in [0.15, 0.2) is 0 Å². The average Bonchev–Trinajstić information content (AvgIpc) is 2.40. The number of hydrogen-bond acceptors (Lipinski definition) is 5. The van der Waals surface area contributed by atoms with Crippen LogP contribution in [-0.2, 0) is 0 Å².